The van der Waals surface area contributed by atoms with Gasteiger partial charge in [0.05, 0.1) is 18.0 Å². The number of benzene rings is 1. The number of halogens is 1. The summed E-state index contributed by atoms with van der Waals surface area (Å²) in [5, 5.41) is 16.1. The lowest BCUT2D eigenvalue weighted by Crippen LogP contribution is -2.04. The number of carboxylic acid groups (broad SMARTS) is 1. The normalized spacial score (nSPS) is 10.2. The van der Waals surface area contributed by atoms with Crippen molar-refractivity contribution in [2.24, 2.45) is 0 Å². The Morgan fingerprint density at radius 1 is 1.33 bits per heavy atom. The standard InChI is InChI=1S/C9H6FN3O2/c10-7-5-6(9(14)15)1-2-8(7)13-11-3-4-12-13/h1-5H,(H,14,15). The molecule has 0 amide bonds. The number of hydrogen-bond acceptors (Lipinski definition) is 3. The summed E-state index contributed by atoms with van der Waals surface area (Å²) in [5.41, 5.74) is 0.00778. The molecule has 5 nitrogen and oxygen atoms in total. The van der Waals surface area contributed by atoms with Gasteiger partial charge in [0.2, 0.25) is 0 Å². The van der Waals surface area contributed by atoms with E-state index in [4.69, 9.17) is 5.11 Å². The average molecular weight is 207 g/mol. The zero-order valence-corrected chi connectivity index (χ0v) is 7.46. The average Bonchev–Trinajstić information content (AvgIpc) is 2.70. The fourth-order valence-electron chi connectivity index (χ4n) is 1.14. The minimum absolute atomic E-state index is 0.108. The lowest BCUT2D eigenvalue weighted by molar-refractivity contribution is 0.0696. The van der Waals surface area contributed by atoms with Crippen LogP contribution >= 0.6 is 0 Å². The third-order valence-electron chi connectivity index (χ3n) is 1.83. The van der Waals surface area contributed by atoms with Gasteiger partial charge in [-0.1, -0.05) is 0 Å². The Kier molecular flexibility index (Phi) is 2.17. The van der Waals surface area contributed by atoms with Crippen LogP contribution in [0.3, 0.4) is 0 Å². The molecule has 1 N–H and O–H groups in total. The van der Waals surface area contributed by atoms with E-state index in [1.54, 1.807) is 0 Å². The maximum Gasteiger partial charge on any atom is 0.335 e. The van der Waals surface area contributed by atoms with Crippen molar-refractivity contribution in [1.29, 1.82) is 0 Å². The molecule has 0 bridgehead atoms. The van der Waals surface area contributed by atoms with Crippen LogP contribution in [0.15, 0.2) is 30.6 Å². The number of aromatic nitrogens is 3. The molecule has 0 unspecified atom stereocenters. The minimum Gasteiger partial charge on any atom is -0.478 e. The molecule has 0 radical (unpaired) electrons. The van der Waals surface area contributed by atoms with Gasteiger partial charge in [-0.25, -0.2) is 9.18 Å². The molecule has 0 aliphatic heterocycles. The largest absolute Gasteiger partial charge is 0.478 e. The third-order valence-corrected chi connectivity index (χ3v) is 1.83. The van der Waals surface area contributed by atoms with Gasteiger partial charge in [-0.3, -0.25) is 0 Å². The Morgan fingerprint density at radius 2 is 2.00 bits per heavy atom. The van der Waals surface area contributed by atoms with Gasteiger partial charge in [-0.2, -0.15) is 10.2 Å². The molecule has 0 spiro atoms. The molecule has 1 aromatic carbocycles. The zero-order valence-electron chi connectivity index (χ0n) is 7.46. The molecule has 0 aliphatic rings. The van der Waals surface area contributed by atoms with E-state index in [2.05, 4.69) is 10.2 Å². The molecule has 0 saturated heterocycles. The first-order valence-electron chi connectivity index (χ1n) is 4.08. The van der Waals surface area contributed by atoms with Crippen molar-refractivity contribution >= 4 is 5.97 Å². The number of nitrogens with zero attached hydrogens (tertiary/aromatic N) is 3. The van der Waals surface area contributed by atoms with Crippen molar-refractivity contribution in [2.75, 3.05) is 0 Å². The number of carbonyl (C=O) groups is 1. The smallest absolute Gasteiger partial charge is 0.335 e. The summed E-state index contributed by atoms with van der Waals surface area (Å²) in [6.07, 6.45) is 2.81. The Hall–Kier alpha value is -2.24. The maximum atomic E-state index is 13.4. The van der Waals surface area contributed by atoms with Crippen LogP contribution in [-0.2, 0) is 0 Å². The Labute approximate surface area is 83.8 Å². The van der Waals surface area contributed by atoms with Crippen LogP contribution in [0.4, 0.5) is 4.39 Å². The van der Waals surface area contributed by atoms with E-state index in [1.165, 1.54) is 24.5 Å². The van der Waals surface area contributed by atoms with Crippen molar-refractivity contribution in [2.45, 2.75) is 0 Å². The van der Waals surface area contributed by atoms with Gasteiger partial charge in [0.25, 0.3) is 0 Å². The Morgan fingerprint density at radius 3 is 2.53 bits per heavy atom. The quantitative estimate of drug-likeness (QED) is 0.800. The molecule has 1 heterocycles. The van der Waals surface area contributed by atoms with Gasteiger partial charge < -0.3 is 5.11 Å². The summed E-state index contributed by atoms with van der Waals surface area (Å²) in [7, 11) is 0. The van der Waals surface area contributed by atoms with Crippen LogP contribution in [-0.4, -0.2) is 26.1 Å². The van der Waals surface area contributed by atoms with E-state index in [0.29, 0.717) is 0 Å². The van der Waals surface area contributed by atoms with Gasteiger partial charge in [-0.15, -0.1) is 4.80 Å². The molecule has 76 valence electrons. The van der Waals surface area contributed by atoms with E-state index in [-0.39, 0.29) is 11.3 Å². The molecular formula is C9H6FN3O2. The number of aromatic carboxylic acids is 1. The first kappa shape index (κ1) is 9.32. The molecule has 2 aromatic rings. The van der Waals surface area contributed by atoms with Crippen molar-refractivity contribution in [1.82, 2.24) is 15.0 Å². The van der Waals surface area contributed by atoms with Crippen molar-refractivity contribution < 1.29 is 14.3 Å². The second-order valence-electron chi connectivity index (χ2n) is 2.79. The summed E-state index contributed by atoms with van der Waals surface area (Å²) in [6, 6.07) is 3.55. The third kappa shape index (κ3) is 1.69. The van der Waals surface area contributed by atoms with Crippen LogP contribution in [0, 0.1) is 5.82 Å². The first-order valence-corrected chi connectivity index (χ1v) is 4.08. The van der Waals surface area contributed by atoms with E-state index < -0.39 is 11.8 Å². The highest BCUT2D eigenvalue weighted by atomic mass is 19.1. The van der Waals surface area contributed by atoms with E-state index in [9.17, 15) is 9.18 Å². The highest BCUT2D eigenvalue weighted by Crippen LogP contribution is 2.13. The highest BCUT2D eigenvalue weighted by molar-refractivity contribution is 5.87. The lowest BCUT2D eigenvalue weighted by Gasteiger charge is -2.02. The molecule has 0 aliphatic carbocycles. The van der Waals surface area contributed by atoms with Crippen molar-refractivity contribution in [3.63, 3.8) is 0 Å². The van der Waals surface area contributed by atoms with Crippen LogP contribution < -0.4 is 0 Å². The molecular weight excluding hydrogens is 201 g/mol. The predicted molar refractivity (Wildman–Crippen MR) is 48.3 cm³/mol. The van der Waals surface area contributed by atoms with Gasteiger partial charge in [0.1, 0.15) is 5.69 Å². The van der Waals surface area contributed by atoms with Crippen LogP contribution in [0.5, 0.6) is 0 Å². The molecule has 0 fully saturated rings. The fraction of sp³-hybridized carbons (Fsp3) is 0. The summed E-state index contributed by atoms with van der Waals surface area (Å²) >= 11 is 0. The van der Waals surface area contributed by atoms with E-state index in [1.807, 2.05) is 0 Å². The Bertz CT molecular complexity index is 496. The summed E-state index contributed by atoms with van der Waals surface area (Å²) in [6.45, 7) is 0. The number of rotatable bonds is 2. The van der Waals surface area contributed by atoms with Gasteiger partial charge in [0.15, 0.2) is 5.82 Å². The maximum absolute atomic E-state index is 13.4. The van der Waals surface area contributed by atoms with E-state index >= 15 is 0 Å². The van der Waals surface area contributed by atoms with Crippen LogP contribution in [0.2, 0.25) is 0 Å². The summed E-state index contributed by atoms with van der Waals surface area (Å²) < 4.78 is 13.4. The zero-order chi connectivity index (χ0) is 10.8. The molecule has 15 heavy (non-hydrogen) atoms. The van der Waals surface area contributed by atoms with Crippen LogP contribution in [0.25, 0.3) is 5.69 Å². The summed E-state index contributed by atoms with van der Waals surface area (Å²) in [5.74, 6) is -1.85. The van der Waals surface area contributed by atoms with Crippen molar-refractivity contribution in [3.05, 3.63) is 42.0 Å². The predicted octanol–water partition coefficient (Wildman–Crippen LogP) is 1.10. The second-order valence-corrected chi connectivity index (χ2v) is 2.79. The Balaban J connectivity index is 2.48. The monoisotopic (exact) mass is 207 g/mol. The highest BCUT2D eigenvalue weighted by Gasteiger charge is 2.10. The first-order chi connectivity index (χ1) is 7.18. The molecule has 1 aromatic heterocycles. The minimum atomic E-state index is -1.17. The fourth-order valence-corrected chi connectivity index (χ4v) is 1.14. The van der Waals surface area contributed by atoms with Gasteiger partial charge in [-0.05, 0) is 18.2 Å². The van der Waals surface area contributed by atoms with Gasteiger partial charge in [0, 0.05) is 0 Å². The van der Waals surface area contributed by atoms with E-state index in [0.717, 1.165) is 10.9 Å². The van der Waals surface area contributed by atoms with Crippen LogP contribution in [0.1, 0.15) is 10.4 Å². The number of hydrogen-bond donors (Lipinski definition) is 1. The van der Waals surface area contributed by atoms with Crippen molar-refractivity contribution in [3.8, 4) is 5.69 Å². The molecule has 2 rings (SSSR count). The molecule has 0 saturated carbocycles. The topological polar surface area (TPSA) is 68.0 Å². The molecule has 6 heteroatoms. The second kappa shape index (κ2) is 3.49. The van der Waals surface area contributed by atoms with Gasteiger partial charge >= 0.3 is 5.97 Å². The number of carboxylic acids is 1. The molecule has 0 atom stereocenters. The lowest BCUT2D eigenvalue weighted by atomic mass is 10.2. The summed E-state index contributed by atoms with van der Waals surface area (Å²) in [4.78, 5) is 11.6. The SMILES string of the molecule is O=C(O)c1ccc(-n2nccn2)c(F)c1.